The Hall–Kier alpha value is -2.65. The maximum atomic E-state index is 13.6. The Kier molecular flexibility index (Phi) is 8.51. The van der Waals surface area contributed by atoms with Crippen LogP contribution < -0.4 is 10.1 Å². The number of rotatable bonds is 7. The molecule has 1 aromatic carbocycles. The fourth-order valence-corrected chi connectivity index (χ4v) is 5.22. The molecule has 196 valence electrons. The number of nitrogens with zero attached hydrogens (tertiary/aromatic N) is 2. The van der Waals surface area contributed by atoms with Gasteiger partial charge in [-0.3, -0.25) is 15.0 Å². The lowest BCUT2D eigenvalue weighted by molar-refractivity contribution is -0.136. The number of carbonyl (C=O) groups is 2. The predicted molar refractivity (Wildman–Crippen MR) is 135 cm³/mol. The van der Waals surface area contributed by atoms with Crippen LogP contribution in [0.15, 0.2) is 29.5 Å². The molecule has 10 heteroatoms. The Balaban J connectivity index is 1.27. The monoisotopic (exact) mass is 520 g/mol. The largest absolute Gasteiger partial charge is 0.490 e. The van der Waals surface area contributed by atoms with Crippen molar-refractivity contribution < 1.29 is 23.5 Å². The second-order valence-corrected chi connectivity index (χ2v) is 10.2. The summed E-state index contributed by atoms with van der Waals surface area (Å²) in [6.45, 7) is 6.04. The van der Waals surface area contributed by atoms with Crippen LogP contribution in [-0.2, 0) is 14.3 Å². The lowest BCUT2D eigenvalue weighted by Crippen LogP contribution is -2.50. The average molecular weight is 521 g/mol. The van der Waals surface area contributed by atoms with E-state index in [9.17, 15) is 14.0 Å². The number of likely N-dealkylation sites (tertiary alicyclic amines) is 1. The molecule has 3 aliphatic rings. The van der Waals surface area contributed by atoms with Gasteiger partial charge < -0.3 is 24.6 Å². The molecule has 8 nitrogen and oxygen atoms in total. The van der Waals surface area contributed by atoms with Crippen LogP contribution in [0.3, 0.4) is 0 Å². The van der Waals surface area contributed by atoms with E-state index in [0.29, 0.717) is 56.8 Å². The van der Waals surface area contributed by atoms with Gasteiger partial charge in [0.05, 0.1) is 23.8 Å². The van der Waals surface area contributed by atoms with Gasteiger partial charge in [0, 0.05) is 56.4 Å². The van der Waals surface area contributed by atoms with E-state index >= 15 is 0 Å². The van der Waals surface area contributed by atoms with Crippen LogP contribution in [0, 0.1) is 11.2 Å². The van der Waals surface area contributed by atoms with Crippen molar-refractivity contribution >= 4 is 29.1 Å². The number of hydrogen-bond donors (Lipinski definition) is 2. The molecule has 0 bridgehead atoms. The van der Waals surface area contributed by atoms with Crippen molar-refractivity contribution in [2.75, 3.05) is 32.7 Å². The third-order valence-corrected chi connectivity index (χ3v) is 7.19. The summed E-state index contributed by atoms with van der Waals surface area (Å²) in [7, 11) is 0. The highest BCUT2D eigenvalue weighted by Crippen LogP contribution is 2.27. The lowest BCUT2D eigenvalue weighted by Gasteiger charge is -2.35. The molecule has 0 saturated carbocycles. The standard InChI is InChI=1S/C26H34ClFN4O4/c1-16-14-32(15-17(2)35-16)26(34)25(29)20-4-3-5-23(20)30-13-24(33)31-10-8-18(9-11-31)36-19-6-7-21(27)22(28)12-19/h6-7,12,16-18,29-30H,3-5,8-11,13-15H2,1-2H3/t16-,17+. The second-order valence-electron chi connectivity index (χ2n) is 9.78. The predicted octanol–water partition coefficient (Wildman–Crippen LogP) is 3.53. The van der Waals surface area contributed by atoms with E-state index in [4.69, 9.17) is 26.5 Å². The van der Waals surface area contributed by atoms with Gasteiger partial charge in [-0.2, -0.15) is 0 Å². The molecule has 2 amide bonds. The van der Waals surface area contributed by atoms with E-state index in [-0.39, 0.29) is 47.4 Å². The molecule has 2 atom stereocenters. The summed E-state index contributed by atoms with van der Waals surface area (Å²) in [5.41, 5.74) is 1.54. The first kappa shape index (κ1) is 26.4. The molecule has 2 heterocycles. The summed E-state index contributed by atoms with van der Waals surface area (Å²) >= 11 is 5.72. The zero-order chi connectivity index (χ0) is 25.8. The number of morpholine rings is 1. The second kappa shape index (κ2) is 11.6. The topological polar surface area (TPSA) is 95.0 Å². The van der Waals surface area contributed by atoms with Gasteiger partial charge in [0.1, 0.15) is 23.4 Å². The number of ether oxygens (including phenoxy) is 2. The fraction of sp³-hybridized carbons (Fsp3) is 0.577. The molecule has 36 heavy (non-hydrogen) atoms. The van der Waals surface area contributed by atoms with Gasteiger partial charge in [-0.25, -0.2) is 4.39 Å². The number of carbonyl (C=O) groups excluding carboxylic acids is 2. The molecule has 1 aromatic rings. The van der Waals surface area contributed by atoms with Crippen molar-refractivity contribution in [3.05, 3.63) is 40.3 Å². The molecule has 2 aliphatic heterocycles. The molecule has 0 unspecified atom stereocenters. The minimum atomic E-state index is -0.516. The molecule has 2 N–H and O–H groups in total. The minimum Gasteiger partial charge on any atom is -0.490 e. The summed E-state index contributed by atoms with van der Waals surface area (Å²) < 4.78 is 25.2. The molecular weight excluding hydrogens is 487 g/mol. The molecular formula is C26H34ClFN4O4. The zero-order valence-electron chi connectivity index (χ0n) is 20.8. The Labute approximate surface area is 216 Å². The summed E-state index contributed by atoms with van der Waals surface area (Å²) in [6, 6.07) is 4.39. The third-order valence-electron chi connectivity index (χ3n) is 6.88. The van der Waals surface area contributed by atoms with Crippen LogP contribution in [0.1, 0.15) is 46.0 Å². The first-order chi connectivity index (χ1) is 17.2. The first-order valence-electron chi connectivity index (χ1n) is 12.6. The zero-order valence-corrected chi connectivity index (χ0v) is 21.6. The van der Waals surface area contributed by atoms with Crippen molar-refractivity contribution in [3.63, 3.8) is 0 Å². The first-order valence-corrected chi connectivity index (χ1v) is 13.0. The number of halogens is 2. The van der Waals surface area contributed by atoms with Gasteiger partial charge in [-0.05, 0) is 45.2 Å². The molecule has 2 saturated heterocycles. The molecule has 2 fully saturated rings. The van der Waals surface area contributed by atoms with E-state index in [0.717, 1.165) is 18.5 Å². The van der Waals surface area contributed by atoms with Crippen molar-refractivity contribution in [1.82, 2.24) is 15.1 Å². The lowest BCUT2D eigenvalue weighted by atomic mass is 10.1. The Morgan fingerprint density at radius 2 is 1.86 bits per heavy atom. The highest BCUT2D eigenvalue weighted by molar-refractivity contribution is 6.44. The maximum Gasteiger partial charge on any atom is 0.272 e. The number of allylic oxidation sites excluding steroid dienone is 1. The number of benzene rings is 1. The van der Waals surface area contributed by atoms with Gasteiger partial charge in [-0.1, -0.05) is 11.6 Å². The minimum absolute atomic E-state index is 0.0142. The quantitative estimate of drug-likeness (QED) is 0.536. The number of piperidine rings is 1. The smallest absolute Gasteiger partial charge is 0.272 e. The Bertz CT molecular complexity index is 1030. The molecule has 0 radical (unpaired) electrons. The molecule has 1 aliphatic carbocycles. The van der Waals surface area contributed by atoms with E-state index < -0.39 is 5.82 Å². The summed E-state index contributed by atoms with van der Waals surface area (Å²) in [6.07, 6.45) is 3.33. The van der Waals surface area contributed by atoms with E-state index in [1.165, 1.54) is 12.1 Å². The maximum absolute atomic E-state index is 13.6. The van der Waals surface area contributed by atoms with E-state index in [2.05, 4.69) is 5.32 Å². The van der Waals surface area contributed by atoms with Gasteiger partial charge in [0.15, 0.2) is 0 Å². The van der Waals surface area contributed by atoms with Crippen LogP contribution in [0.4, 0.5) is 4.39 Å². The number of amides is 2. The molecule has 4 rings (SSSR count). The van der Waals surface area contributed by atoms with E-state index in [1.807, 2.05) is 13.8 Å². The van der Waals surface area contributed by atoms with Crippen LogP contribution >= 0.6 is 11.6 Å². The average Bonchev–Trinajstić information content (AvgIpc) is 3.32. The Morgan fingerprint density at radius 1 is 1.17 bits per heavy atom. The molecule has 0 spiro atoms. The Morgan fingerprint density at radius 3 is 2.53 bits per heavy atom. The van der Waals surface area contributed by atoms with Crippen LogP contribution in [0.5, 0.6) is 5.75 Å². The van der Waals surface area contributed by atoms with Crippen molar-refractivity contribution in [2.45, 2.75) is 64.3 Å². The molecule has 0 aromatic heterocycles. The summed E-state index contributed by atoms with van der Waals surface area (Å²) in [4.78, 5) is 29.3. The van der Waals surface area contributed by atoms with Gasteiger partial charge in [-0.15, -0.1) is 0 Å². The van der Waals surface area contributed by atoms with Crippen LogP contribution in [0.2, 0.25) is 5.02 Å². The number of hydrogen-bond acceptors (Lipinski definition) is 6. The van der Waals surface area contributed by atoms with Crippen molar-refractivity contribution in [3.8, 4) is 5.75 Å². The van der Waals surface area contributed by atoms with Crippen molar-refractivity contribution in [1.29, 1.82) is 5.41 Å². The summed E-state index contributed by atoms with van der Waals surface area (Å²) in [5.74, 6) is -0.389. The van der Waals surface area contributed by atoms with E-state index in [1.54, 1.807) is 15.9 Å². The van der Waals surface area contributed by atoms with Crippen molar-refractivity contribution in [2.24, 2.45) is 0 Å². The highest BCUT2D eigenvalue weighted by atomic mass is 35.5. The fourth-order valence-electron chi connectivity index (χ4n) is 5.11. The van der Waals surface area contributed by atoms with Gasteiger partial charge in [0.25, 0.3) is 5.91 Å². The van der Waals surface area contributed by atoms with Crippen LogP contribution in [0.25, 0.3) is 0 Å². The summed E-state index contributed by atoms with van der Waals surface area (Å²) in [5, 5.41) is 11.8. The normalized spacial score (nSPS) is 23.1. The number of nitrogens with one attached hydrogen (secondary N) is 2. The van der Waals surface area contributed by atoms with Crippen LogP contribution in [-0.4, -0.2) is 78.4 Å². The SMILES string of the molecule is C[C@@H]1CN(C(=O)C(=N)C2=C(NCC(=O)N3CCC(Oc4ccc(Cl)c(F)c4)CC3)CCC2)C[C@H](C)O1. The van der Waals surface area contributed by atoms with Gasteiger partial charge >= 0.3 is 0 Å². The third kappa shape index (κ3) is 6.37. The highest BCUT2D eigenvalue weighted by Gasteiger charge is 2.31. The van der Waals surface area contributed by atoms with Gasteiger partial charge in [0.2, 0.25) is 5.91 Å².